The van der Waals surface area contributed by atoms with Gasteiger partial charge < -0.3 is 14.7 Å². The highest BCUT2D eigenvalue weighted by atomic mass is 35.5. The summed E-state index contributed by atoms with van der Waals surface area (Å²) in [5.74, 6) is -0.0945. The largest absolute Gasteiger partial charge is 0.366 e. The standard InChI is InChI=1S/C24H30ClN5O4S/c1-35(33,34)27-20-4-2-3-5-21(20)28-12-14-29(15-13-28)24(32)22(30(17-31)23-10-11-26-23)16-18-6-8-19(25)9-7-18/h2-9,17,22-23,26-27H,10-16H2,1H3/t22-,23-/m1/s1. The van der Waals surface area contributed by atoms with Crippen molar-refractivity contribution in [2.75, 3.05) is 48.6 Å². The third kappa shape index (κ3) is 6.25. The molecule has 0 bridgehead atoms. The first-order valence-electron chi connectivity index (χ1n) is 11.6. The molecule has 0 unspecified atom stereocenters. The van der Waals surface area contributed by atoms with Crippen LogP contribution in [0.5, 0.6) is 0 Å². The highest BCUT2D eigenvalue weighted by Gasteiger charge is 2.36. The number of piperazine rings is 1. The van der Waals surface area contributed by atoms with Gasteiger partial charge in [0.15, 0.2) is 0 Å². The van der Waals surface area contributed by atoms with Crippen LogP contribution in [0.3, 0.4) is 0 Å². The summed E-state index contributed by atoms with van der Waals surface area (Å²) in [5, 5.41) is 3.84. The summed E-state index contributed by atoms with van der Waals surface area (Å²) in [4.78, 5) is 31.2. The summed E-state index contributed by atoms with van der Waals surface area (Å²) in [6.07, 6.45) is 2.94. The van der Waals surface area contributed by atoms with Gasteiger partial charge in [-0.15, -0.1) is 0 Å². The molecular formula is C24H30ClN5O4S. The van der Waals surface area contributed by atoms with Crippen LogP contribution in [0.25, 0.3) is 0 Å². The first-order chi connectivity index (χ1) is 16.7. The molecule has 4 rings (SSSR count). The second-order valence-electron chi connectivity index (χ2n) is 8.86. The zero-order valence-corrected chi connectivity index (χ0v) is 21.1. The molecule has 9 nitrogen and oxygen atoms in total. The first-order valence-corrected chi connectivity index (χ1v) is 13.8. The van der Waals surface area contributed by atoms with Crippen molar-refractivity contribution in [1.82, 2.24) is 15.1 Å². The molecule has 2 aliphatic heterocycles. The second kappa shape index (κ2) is 10.8. The Balaban J connectivity index is 1.48. The van der Waals surface area contributed by atoms with Crippen molar-refractivity contribution >= 4 is 45.3 Å². The Hall–Kier alpha value is -2.82. The van der Waals surface area contributed by atoms with Gasteiger partial charge in [-0.05, 0) is 36.2 Å². The Labute approximate surface area is 211 Å². The zero-order valence-electron chi connectivity index (χ0n) is 19.6. The fraction of sp³-hybridized carbons (Fsp3) is 0.417. The number of anilines is 2. The third-order valence-electron chi connectivity index (χ3n) is 6.40. The van der Waals surface area contributed by atoms with Gasteiger partial charge in [0.1, 0.15) is 6.04 Å². The topological polar surface area (TPSA) is 102 Å². The molecular weight excluding hydrogens is 490 g/mol. The molecule has 2 aromatic rings. The number of amides is 2. The van der Waals surface area contributed by atoms with E-state index in [1.54, 1.807) is 34.1 Å². The van der Waals surface area contributed by atoms with Crippen molar-refractivity contribution in [3.63, 3.8) is 0 Å². The lowest BCUT2D eigenvalue weighted by atomic mass is 10.0. The molecule has 2 aromatic carbocycles. The number of hydrogen-bond acceptors (Lipinski definition) is 6. The fourth-order valence-electron chi connectivity index (χ4n) is 4.47. The van der Waals surface area contributed by atoms with Crippen LogP contribution in [0.1, 0.15) is 12.0 Å². The van der Waals surface area contributed by atoms with E-state index in [4.69, 9.17) is 11.6 Å². The van der Waals surface area contributed by atoms with Crippen LogP contribution in [0.15, 0.2) is 48.5 Å². The van der Waals surface area contributed by atoms with E-state index in [1.165, 1.54) is 0 Å². The molecule has 35 heavy (non-hydrogen) atoms. The highest BCUT2D eigenvalue weighted by molar-refractivity contribution is 7.92. The van der Waals surface area contributed by atoms with Crippen molar-refractivity contribution in [2.45, 2.75) is 25.0 Å². The van der Waals surface area contributed by atoms with Gasteiger partial charge in [0, 0.05) is 44.2 Å². The Kier molecular flexibility index (Phi) is 7.83. The zero-order chi connectivity index (χ0) is 25.0. The number of halogens is 1. The minimum absolute atomic E-state index is 0.0945. The Bertz CT molecular complexity index is 1150. The van der Waals surface area contributed by atoms with E-state index in [2.05, 4.69) is 14.9 Å². The fourth-order valence-corrected chi connectivity index (χ4v) is 5.17. The molecule has 11 heteroatoms. The highest BCUT2D eigenvalue weighted by Crippen LogP contribution is 2.28. The Morgan fingerprint density at radius 1 is 1.17 bits per heavy atom. The molecule has 2 fully saturated rings. The van der Waals surface area contributed by atoms with Gasteiger partial charge in [0.2, 0.25) is 22.3 Å². The van der Waals surface area contributed by atoms with E-state index in [9.17, 15) is 18.0 Å². The van der Waals surface area contributed by atoms with Crippen LogP contribution in [0.4, 0.5) is 11.4 Å². The number of hydrogen-bond donors (Lipinski definition) is 2. The summed E-state index contributed by atoms with van der Waals surface area (Å²) in [5.41, 5.74) is 2.22. The number of sulfonamides is 1. The van der Waals surface area contributed by atoms with Crippen LogP contribution in [0, 0.1) is 0 Å². The van der Waals surface area contributed by atoms with Crippen LogP contribution in [0.2, 0.25) is 5.02 Å². The molecule has 2 saturated heterocycles. The molecule has 2 heterocycles. The molecule has 0 aliphatic carbocycles. The van der Waals surface area contributed by atoms with Gasteiger partial charge in [0.05, 0.1) is 23.8 Å². The van der Waals surface area contributed by atoms with Crippen LogP contribution < -0.4 is 14.9 Å². The predicted octanol–water partition coefficient (Wildman–Crippen LogP) is 1.75. The average Bonchev–Trinajstić information content (AvgIpc) is 2.80. The average molecular weight is 520 g/mol. The van der Waals surface area contributed by atoms with Crippen molar-refractivity contribution < 1.29 is 18.0 Å². The summed E-state index contributed by atoms with van der Waals surface area (Å²) >= 11 is 6.02. The molecule has 188 valence electrons. The van der Waals surface area contributed by atoms with Crippen LogP contribution in [-0.2, 0) is 26.0 Å². The lowest BCUT2D eigenvalue weighted by Crippen LogP contribution is -2.63. The Morgan fingerprint density at radius 3 is 2.40 bits per heavy atom. The monoisotopic (exact) mass is 519 g/mol. The number of para-hydroxylation sites is 2. The summed E-state index contributed by atoms with van der Waals surface area (Å²) < 4.78 is 26.1. The number of carbonyl (C=O) groups excluding carboxylic acids is 2. The number of nitrogens with zero attached hydrogens (tertiary/aromatic N) is 3. The van der Waals surface area contributed by atoms with Gasteiger partial charge in [-0.2, -0.15) is 0 Å². The van der Waals surface area contributed by atoms with E-state index in [1.807, 2.05) is 24.3 Å². The van der Waals surface area contributed by atoms with E-state index in [-0.39, 0.29) is 12.1 Å². The van der Waals surface area contributed by atoms with Gasteiger partial charge in [-0.3, -0.25) is 19.6 Å². The number of carbonyl (C=O) groups is 2. The van der Waals surface area contributed by atoms with Gasteiger partial charge >= 0.3 is 0 Å². The van der Waals surface area contributed by atoms with Crippen molar-refractivity contribution in [3.8, 4) is 0 Å². The number of nitrogens with one attached hydrogen (secondary N) is 2. The summed E-state index contributed by atoms with van der Waals surface area (Å²) in [6, 6.07) is 13.9. The molecule has 0 spiro atoms. The third-order valence-corrected chi connectivity index (χ3v) is 7.24. The maximum atomic E-state index is 13.7. The molecule has 0 saturated carbocycles. The van der Waals surface area contributed by atoms with Gasteiger partial charge in [-0.1, -0.05) is 35.9 Å². The summed E-state index contributed by atoms with van der Waals surface area (Å²) in [6.45, 7) is 2.84. The van der Waals surface area contributed by atoms with Crippen molar-refractivity contribution in [2.24, 2.45) is 0 Å². The van der Waals surface area contributed by atoms with E-state index >= 15 is 0 Å². The predicted molar refractivity (Wildman–Crippen MR) is 137 cm³/mol. The van der Waals surface area contributed by atoms with Crippen LogP contribution >= 0.6 is 11.6 Å². The van der Waals surface area contributed by atoms with E-state index in [0.29, 0.717) is 43.3 Å². The van der Waals surface area contributed by atoms with Crippen LogP contribution in [-0.4, -0.2) is 81.7 Å². The van der Waals surface area contributed by atoms with Crippen molar-refractivity contribution in [1.29, 1.82) is 0 Å². The molecule has 2 aliphatic rings. The normalized spacial score (nSPS) is 19.0. The number of rotatable bonds is 9. The summed E-state index contributed by atoms with van der Waals surface area (Å²) in [7, 11) is -3.42. The SMILES string of the molecule is CS(=O)(=O)Nc1ccccc1N1CCN(C(=O)[C@@H](Cc2ccc(Cl)cc2)N(C=O)[C@@H]2CCN2)CC1. The molecule has 0 aromatic heterocycles. The van der Waals surface area contributed by atoms with Gasteiger partial charge in [0.25, 0.3) is 0 Å². The molecule has 2 N–H and O–H groups in total. The van der Waals surface area contributed by atoms with Crippen molar-refractivity contribution in [3.05, 3.63) is 59.1 Å². The Morgan fingerprint density at radius 2 is 1.83 bits per heavy atom. The first kappa shape index (κ1) is 25.3. The van der Waals surface area contributed by atoms with Gasteiger partial charge in [-0.25, -0.2) is 8.42 Å². The minimum Gasteiger partial charge on any atom is -0.366 e. The maximum Gasteiger partial charge on any atom is 0.245 e. The molecule has 0 radical (unpaired) electrons. The second-order valence-corrected chi connectivity index (χ2v) is 11.0. The molecule has 2 atom stereocenters. The minimum atomic E-state index is -3.42. The maximum absolute atomic E-state index is 13.7. The lowest BCUT2D eigenvalue weighted by Gasteiger charge is -2.43. The number of benzene rings is 2. The van der Waals surface area contributed by atoms with E-state index < -0.39 is 16.1 Å². The smallest absolute Gasteiger partial charge is 0.245 e. The molecule has 2 amide bonds. The lowest BCUT2D eigenvalue weighted by molar-refractivity contribution is -0.144. The van der Waals surface area contributed by atoms with E-state index in [0.717, 1.165) is 36.9 Å². The quantitative estimate of drug-likeness (QED) is 0.489.